The summed E-state index contributed by atoms with van der Waals surface area (Å²) < 4.78 is 1.81. The van der Waals surface area contributed by atoms with Gasteiger partial charge in [0.05, 0.1) is 12.7 Å². The molecule has 2 heterocycles. The van der Waals surface area contributed by atoms with Crippen LogP contribution in [0.1, 0.15) is 36.2 Å². The Morgan fingerprint density at radius 1 is 1.50 bits per heavy atom. The zero-order chi connectivity index (χ0) is 13.1. The largest absolute Gasteiger partial charge is 0.477 e. The fraction of sp³-hybridized carbons (Fsp3) is 0.667. The van der Waals surface area contributed by atoms with Gasteiger partial charge in [-0.3, -0.25) is 4.90 Å². The molecule has 1 fully saturated rings. The minimum atomic E-state index is -0.914. The van der Waals surface area contributed by atoms with E-state index in [1.807, 2.05) is 18.4 Å². The summed E-state index contributed by atoms with van der Waals surface area (Å²) in [4.78, 5) is 17.7. The van der Waals surface area contributed by atoms with Crippen molar-refractivity contribution >= 4 is 5.97 Å². The number of aromatic nitrogens is 2. The summed E-state index contributed by atoms with van der Waals surface area (Å²) >= 11 is 0. The van der Waals surface area contributed by atoms with E-state index in [4.69, 9.17) is 5.11 Å². The van der Waals surface area contributed by atoms with Crippen LogP contribution in [0.15, 0.2) is 6.20 Å². The van der Waals surface area contributed by atoms with Crippen molar-refractivity contribution in [2.45, 2.75) is 26.4 Å². The Bertz CT molecular complexity index is 422. The molecule has 0 atom stereocenters. The lowest BCUT2D eigenvalue weighted by molar-refractivity contribution is 0.0682. The van der Waals surface area contributed by atoms with Crippen LogP contribution >= 0.6 is 0 Å². The molecule has 0 radical (unpaired) electrons. The van der Waals surface area contributed by atoms with Crippen LogP contribution in [0.2, 0.25) is 0 Å². The van der Waals surface area contributed by atoms with E-state index in [0.29, 0.717) is 6.54 Å². The Hall–Kier alpha value is -1.40. The molecule has 0 aliphatic carbocycles. The molecule has 0 amide bonds. The maximum atomic E-state index is 11.1. The zero-order valence-corrected chi connectivity index (χ0v) is 10.9. The Morgan fingerprint density at radius 2 is 2.17 bits per heavy atom. The number of carboxylic acid groups (broad SMARTS) is 1. The van der Waals surface area contributed by atoms with Crippen molar-refractivity contribution in [3.05, 3.63) is 17.7 Å². The van der Waals surface area contributed by atoms with Gasteiger partial charge in [-0.1, -0.05) is 0 Å². The number of piperazine rings is 1. The van der Waals surface area contributed by atoms with Crippen LogP contribution in [0.5, 0.6) is 0 Å². The van der Waals surface area contributed by atoms with E-state index in [1.54, 1.807) is 0 Å². The molecule has 1 aliphatic rings. The third-order valence-corrected chi connectivity index (χ3v) is 3.18. The van der Waals surface area contributed by atoms with Crippen LogP contribution in [0.3, 0.4) is 0 Å². The lowest BCUT2D eigenvalue weighted by Crippen LogP contribution is -2.43. The van der Waals surface area contributed by atoms with E-state index < -0.39 is 5.97 Å². The zero-order valence-electron chi connectivity index (χ0n) is 10.9. The highest BCUT2D eigenvalue weighted by Crippen LogP contribution is 2.15. The fourth-order valence-electron chi connectivity index (χ4n) is 2.32. The summed E-state index contributed by atoms with van der Waals surface area (Å²) in [5, 5.41) is 12.4. The van der Waals surface area contributed by atoms with Gasteiger partial charge in [-0.15, -0.1) is 0 Å². The molecule has 0 spiro atoms. The highest BCUT2D eigenvalue weighted by Gasteiger charge is 2.20. The van der Waals surface area contributed by atoms with Crippen LogP contribution in [0.4, 0.5) is 0 Å². The quantitative estimate of drug-likeness (QED) is 0.819. The van der Waals surface area contributed by atoms with E-state index in [2.05, 4.69) is 15.2 Å². The van der Waals surface area contributed by atoms with Crippen LogP contribution in [-0.2, 0) is 6.54 Å². The standard InChI is InChI=1S/C12H20N4O2/c1-9(2)16-10(12(17)18)7-14-11(16)8-15-5-3-13-4-6-15/h7,9,13H,3-6,8H2,1-2H3,(H,17,18). The predicted octanol–water partition coefficient (Wildman–Crippen LogP) is 0.567. The van der Waals surface area contributed by atoms with Gasteiger partial charge in [-0.25, -0.2) is 9.78 Å². The summed E-state index contributed by atoms with van der Waals surface area (Å²) in [5.41, 5.74) is 0.273. The number of imidazole rings is 1. The van der Waals surface area contributed by atoms with Gasteiger partial charge in [-0.2, -0.15) is 0 Å². The van der Waals surface area contributed by atoms with Gasteiger partial charge >= 0.3 is 5.97 Å². The summed E-state index contributed by atoms with van der Waals surface area (Å²) in [7, 11) is 0. The topological polar surface area (TPSA) is 70.4 Å². The lowest BCUT2D eigenvalue weighted by Gasteiger charge is -2.27. The molecule has 0 bridgehead atoms. The van der Waals surface area contributed by atoms with Crippen LogP contribution in [0, 0.1) is 0 Å². The summed E-state index contributed by atoms with van der Waals surface area (Å²) in [6.45, 7) is 8.60. The average molecular weight is 252 g/mol. The molecule has 1 saturated heterocycles. The van der Waals surface area contributed by atoms with Gasteiger partial charge in [0.25, 0.3) is 0 Å². The SMILES string of the molecule is CC(C)n1c(C(=O)O)cnc1CN1CCNCC1. The molecule has 2 N–H and O–H groups in total. The highest BCUT2D eigenvalue weighted by molar-refractivity contribution is 5.85. The van der Waals surface area contributed by atoms with Crippen molar-refractivity contribution in [1.29, 1.82) is 0 Å². The Morgan fingerprint density at radius 3 is 2.72 bits per heavy atom. The molecular weight excluding hydrogens is 232 g/mol. The minimum absolute atomic E-state index is 0.108. The number of rotatable bonds is 4. The second-order valence-electron chi connectivity index (χ2n) is 4.85. The molecule has 6 nitrogen and oxygen atoms in total. The predicted molar refractivity (Wildman–Crippen MR) is 67.7 cm³/mol. The van der Waals surface area contributed by atoms with Gasteiger partial charge in [0.2, 0.25) is 0 Å². The number of hydrogen-bond acceptors (Lipinski definition) is 4. The third kappa shape index (κ3) is 2.70. The minimum Gasteiger partial charge on any atom is -0.477 e. The number of hydrogen-bond donors (Lipinski definition) is 2. The molecule has 1 aromatic heterocycles. The molecule has 0 saturated carbocycles. The highest BCUT2D eigenvalue weighted by atomic mass is 16.4. The number of aromatic carboxylic acids is 1. The van der Waals surface area contributed by atoms with Gasteiger partial charge in [0.1, 0.15) is 11.5 Å². The molecule has 18 heavy (non-hydrogen) atoms. The summed E-state index contributed by atoms with van der Waals surface area (Å²) in [6.07, 6.45) is 1.46. The lowest BCUT2D eigenvalue weighted by atomic mass is 10.3. The van der Waals surface area contributed by atoms with Crippen molar-refractivity contribution in [1.82, 2.24) is 19.8 Å². The number of nitrogens with one attached hydrogen (secondary N) is 1. The molecule has 2 rings (SSSR count). The first kappa shape index (κ1) is 13.0. The number of carboxylic acids is 1. The van der Waals surface area contributed by atoms with Crippen molar-refractivity contribution in [2.24, 2.45) is 0 Å². The van der Waals surface area contributed by atoms with Crippen LogP contribution in [-0.4, -0.2) is 51.7 Å². The maximum absolute atomic E-state index is 11.1. The van der Waals surface area contributed by atoms with Crippen LogP contribution in [0.25, 0.3) is 0 Å². The monoisotopic (exact) mass is 252 g/mol. The fourth-order valence-corrected chi connectivity index (χ4v) is 2.32. The Labute approximate surface area is 107 Å². The van der Waals surface area contributed by atoms with E-state index in [1.165, 1.54) is 6.20 Å². The molecule has 0 aromatic carbocycles. The smallest absolute Gasteiger partial charge is 0.354 e. The molecule has 1 aromatic rings. The number of nitrogens with zero attached hydrogens (tertiary/aromatic N) is 3. The van der Waals surface area contributed by atoms with Crippen molar-refractivity contribution < 1.29 is 9.90 Å². The normalized spacial score (nSPS) is 17.3. The molecule has 100 valence electrons. The first-order chi connectivity index (χ1) is 8.59. The van der Waals surface area contributed by atoms with Crippen molar-refractivity contribution in [3.8, 4) is 0 Å². The Kier molecular flexibility index (Phi) is 3.98. The Balaban J connectivity index is 2.19. The summed E-state index contributed by atoms with van der Waals surface area (Å²) in [5.74, 6) is -0.0768. The average Bonchev–Trinajstić information content (AvgIpc) is 2.74. The van der Waals surface area contributed by atoms with E-state index in [0.717, 1.165) is 32.0 Å². The molecule has 0 unspecified atom stereocenters. The van der Waals surface area contributed by atoms with Crippen molar-refractivity contribution in [2.75, 3.05) is 26.2 Å². The van der Waals surface area contributed by atoms with E-state index in [-0.39, 0.29) is 11.7 Å². The van der Waals surface area contributed by atoms with E-state index in [9.17, 15) is 4.79 Å². The van der Waals surface area contributed by atoms with Crippen LogP contribution < -0.4 is 5.32 Å². The molecule has 6 heteroatoms. The van der Waals surface area contributed by atoms with Gasteiger partial charge in [-0.05, 0) is 13.8 Å². The first-order valence-corrected chi connectivity index (χ1v) is 6.32. The number of carbonyl (C=O) groups is 1. The maximum Gasteiger partial charge on any atom is 0.354 e. The first-order valence-electron chi connectivity index (χ1n) is 6.32. The second kappa shape index (κ2) is 5.49. The second-order valence-corrected chi connectivity index (χ2v) is 4.85. The van der Waals surface area contributed by atoms with Gasteiger partial charge in [0.15, 0.2) is 0 Å². The third-order valence-electron chi connectivity index (χ3n) is 3.18. The molecular formula is C12H20N4O2. The van der Waals surface area contributed by atoms with Gasteiger partial charge < -0.3 is 15.0 Å². The molecule has 1 aliphatic heterocycles. The van der Waals surface area contributed by atoms with Crippen molar-refractivity contribution in [3.63, 3.8) is 0 Å². The van der Waals surface area contributed by atoms with E-state index >= 15 is 0 Å². The van der Waals surface area contributed by atoms with Gasteiger partial charge in [0, 0.05) is 32.2 Å². The summed E-state index contributed by atoms with van der Waals surface area (Å²) in [6, 6.07) is 0.108.